The van der Waals surface area contributed by atoms with E-state index in [0.717, 1.165) is 17.4 Å². The molecule has 0 aliphatic heterocycles. The van der Waals surface area contributed by atoms with Crippen molar-refractivity contribution in [2.45, 2.75) is 31.7 Å². The predicted octanol–water partition coefficient (Wildman–Crippen LogP) is 3.15. The fourth-order valence-corrected chi connectivity index (χ4v) is 2.97. The Kier molecular flexibility index (Phi) is 4.48. The highest BCUT2D eigenvalue weighted by atomic mass is 16.5. The van der Waals surface area contributed by atoms with Gasteiger partial charge in [-0.25, -0.2) is 0 Å². The molecule has 0 heterocycles. The van der Waals surface area contributed by atoms with E-state index in [1.54, 1.807) is 14.2 Å². The van der Waals surface area contributed by atoms with Crippen LogP contribution in [0.4, 0.5) is 0 Å². The zero-order valence-corrected chi connectivity index (χ0v) is 11.5. The molecule has 1 aliphatic rings. The number of rotatable bonds is 5. The van der Waals surface area contributed by atoms with E-state index in [9.17, 15) is 0 Å². The molecule has 0 saturated heterocycles. The first kappa shape index (κ1) is 13.2. The lowest BCUT2D eigenvalue weighted by molar-refractivity contribution is 0.373. The second-order valence-corrected chi connectivity index (χ2v) is 4.96. The summed E-state index contributed by atoms with van der Waals surface area (Å²) in [7, 11) is 5.43. The number of hydrogen-bond donors (Lipinski definition) is 1. The molecule has 1 aliphatic carbocycles. The predicted molar refractivity (Wildman–Crippen MR) is 73.3 cm³/mol. The maximum atomic E-state index is 5.35. The molecule has 1 saturated carbocycles. The molecule has 1 atom stereocenters. The van der Waals surface area contributed by atoms with Crippen LogP contribution in [0, 0.1) is 5.92 Å². The van der Waals surface area contributed by atoms with E-state index in [1.807, 2.05) is 13.1 Å². The summed E-state index contributed by atoms with van der Waals surface area (Å²) in [6, 6.07) is 6.55. The van der Waals surface area contributed by atoms with Crippen molar-refractivity contribution in [1.29, 1.82) is 0 Å². The minimum absolute atomic E-state index is 0.400. The highest BCUT2D eigenvalue weighted by molar-refractivity contribution is 5.40. The molecule has 0 spiro atoms. The van der Waals surface area contributed by atoms with Crippen LogP contribution < -0.4 is 14.8 Å². The molecule has 3 heteroatoms. The van der Waals surface area contributed by atoms with Gasteiger partial charge in [-0.15, -0.1) is 0 Å². The van der Waals surface area contributed by atoms with Crippen LogP contribution in [-0.4, -0.2) is 21.3 Å². The van der Waals surface area contributed by atoms with Crippen molar-refractivity contribution in [3.63, 3.8) is 0 Å². The SMILES string of the molecule is CNC(c1cc(OC)cc(OC)c1)C1CCCC1. The van der Waals surface area contributed by atoms with Crippen LogP contribution in [0.5, 0.6) is 11.5 Å². The van der Waals surface area contributed by atoms with Crippen molar-refractivity contribution in [3.05, 3.63) is 23.8 Å². The molecule has 1 unspecified atom stereocenters. The van der Waals surface area contributed by atoms with E-state index in [-0.39, 0.29) is 0 Å². The van der Waals surface area contributed by atoms with Crippen LogP contribution in [0.25, 0.3) is 0 Å². The van der Waals surface area contributed by atoms with Gasteiger partial charge in [0.1, 0.15) is 11.5 Å². The average Bonchev–Trinajstić information content (AvgIpc) is 2.93. The largest absolute Gasteiger partial charge is 0.497 e. The van der Waals surface area contributed by atoms with E-state index in [4.69, 9.17) is 9.47 Å². The lowest BCUT2D eigenvalue weighted by Crippen LogP contribution is -2.23. The first-order chi connectivity index (χ1) is 8.78. The van der Waals surface area contributed by atoms with E-state index in [2.05, 4.69) is 17.4 Å². The maximum Gasteiger partial charge on any atom is 0.122 e. The monoisotopic (exact) mass is 249 g/mol. The standard InChI is InChI=1S/C15H23NO2/c1-16-15(11-6-4-5-7-11)12-8-13(17-2)10-14(9-12)18-3/h8-11,15-16H,4-7H2,1-3H3. The Morgan fingerprint density at radius 3 is 2.06 bits per heavy atom. The topological polar surface area (TPSA) is 30.5 Å². The zero-order valence-electron chi connectivity index (χ0n) is 11.5. The molecule has 1 aromatic carbocycles. The van der Waals surface area contributed by atoms with Gasteiger partial charge in [0.25, 0.3) is 0 Å². The molecule has 0 amide bonds. The molecular weight excluding hydrogens is 226 g/mol. The first-order valence-corrected chi connectivity index (χ1v) is 6.68. The third-order valence-electron chi connectivity index (χ3n) is 3.92. The molecule has 0 radical (unpaired) electrons. The second kappa shape index (κ2) is 6.10. The quantitative estimate of drug-likeness (QED) is 0.869. The molecular formula is C15H23NO2. The Balaban J connectivity index is 2.28. The van der Waals surface area contributed by atoms with E-state index in [1.165, 1.54) is 31.2 Å². The van der Waals surface area contributed by atoms with E-state index in [0.29, 0.717) is 6.04 Å². The Labute approximate surface area is 109 Å². The van der Waals surface area contributed by atoms with Gasteiger partial charge in [0.15, 0.2) is 0 Å². The summed E-state index contributed by atoms with van der Waals surface area (Å²) in [5.74, 6) is 2.46. The fraction of sp³-hybridized carbons (Fsp3) is 0.600. The van der Waals surface area contributed by atoms with Gasteiger partial charge in [-0.2, -0.15) is 0 Å². The van der Waals surface area contributed by atoms with Crippen LogP contribution in [0.2, 0.25) is 0 Å². The summed E-state index contributed by atoms with van der Waals surface area (Å²) >= 11 is 0. The van der Waals surface area contributed by atoms with Crippen molar-refractivity contribution in [2.24, 2.45) is 5.92 Å². The molecule has 0 bridgehead atoms. The summed E-state index contributed by atoms with van der Waals surface area (Å²) < 4.78 is 10.7. The van der Waals surface area contributed by atoms with Gasteiger partial charge < -0.3 is 14.8 Å². The first-order valence-electron chi connectivity index (χ1n) is 6.68. The van der Waals surface area contributed by atoms with Crippen LogP contribution in [0.1, 0.15) is 37.3 Å². The third kappa shape index (κ3) is 2.78. The van der Waals surface area contributed by atoms with Gasteiger partial charge in [0.2, 0.25) is 0 Å². The van der Waals surface area contributed by atoms with Gasteiger partial charge in [0.05, 0.1) is 14.2 Å². The lowest BCUT2D eigenvalue weighted by atomic mass is 9.91. The number of ether oxygens (including phenoxy) is 2. The van der Waals surface area contributed by atoms with Gasteiger partial charge in [-0.1, -0.05) is 12.8 Å². The maximum absolute atomic E-state index is 5.35. The van der Waals surface area contributed by atoms with Gasteiger partial charge >= 0.3 is 0 Å². The number of nitrogens with one attached hydrogen (secondary N) is 1. The lowest BCUT2D eigenvalue weighted by Gasteiger charge is -2.24. The summed E-state index contributed by atoms with van der Waals surface area (Å²) in [6.45, 7) is 0. The summed E-state index contributed by atoms with van der Waals surface area (Å²) in [6.07, 6.45) is 5.32. The zero-order chi connectivity index (χ0) is 13.0. The molecule has 1 fully saturated rings. The minimum atomic E-state index is 0.400. The summed E-state index contributed by atoms with van der Waals surface area (Å²) in [5.41, 5.74) is 1.26. The summed E-state index contributed by atoms with van der Waals surface area (Å²) in [5, 5.41) is 3.45. The van der Waals surface area contributed by atoms with Crippen LogP contribution >= 0.6 is 0 Å². The van der Waals surface area contributed by atoms with Crippen molar-refractivity contribution in [3.8, 4) is 11.5 Å². The molecule has 18 heavy (non-hydrogen) atoms. The van der Waals surface area contributed by atoms with E-state index >= 15 is 0 Å². The van der Waals surface area contributed by atoms with E-state index < -0.39 is 0 Å². The van der Waals surface area contributed by atoms with Crippen molar-refractivity contribution < 1.29 is 9.47 Å². The summed E-state index contributed by atoms with van der Waals surface area (Å²) in [4.78, 5) is 0. The fourth-order valence-electron chi connectivity index (χ4n) is 2.97. The highest BCUT2D eigenvalue weighted by Gasteiger charge is 2.25. The number of benzene rings is 1. The normalized spacial score (nSPS) is 17.7. The Bertz CT molecular complexity index is 364. The van der Waals surface area contributed by atoms with Gasteiger partial charge in [-0.3, -0.25) is 0 Å². The Hall–Kier alpha value is -1.22. The smallest absolute Gasteiger partial charge is 0.122 e. The minimum Gasteiger partial charge on any atom is -0.497 e. The third-order valence-corrected chi connectivity index (χ3v) is 3.92. The van der Waals surface area contributed by atoms with Crippen LogP contribution in [0.15, 0.2) is 18.2 Å². The van der Waals surface area contributed by atoms with Crippen LogP contribution in [0.3, 0.4) is 0 Å². The molecule has 3 nitrogen and oxygen atoms in total. The Morgan fingerprint density at radius 1 is 1.06 bits per heavy atom. The molecule has 2 rings (SSSR count). The van der Waals surface area contributed by atoms with Gasteiger partial charge in [0, 0.05) is 12.1 Å². The molecule has 0 aromatic heterocycles. The molecule has 1 N–H and O–H groups in total. The van der Waals surface area contributed by atoms with Gasteiger partial charge in [-0.05, 0) is 43.5 Å². The van der Waals surface area contributed by atoms with Crippen LogP contribution in [-0.2, 0) is 0 Å². The van der Waals surface area contributed by atoms with Crippen molar-refractivity contribution >= 4 is 0 Å². The molecule has 1 aromatic rings. The van der Waals surface area contributed by atoms with Crippen molar-refractivity contribution in [2.75, 3.05) is 21.3 Å². The average molecular weight is 249 g/mol. The number of methoxy groups -OCH3 is 2. The number of hydrogen-bond acceptors (Lipinski definition) is 3. The second-order valence-electron chi connectivity index (χ2n) is 4.96. The molecule has 100 valence electrons. The Morgan fingerprint density at radius 2 is 1.61 bits per heavy atom. The highest BCUT2D eigenvalue weighted by Crippen LogP contribution is 2.37. The van der Waals surface area contributed by atoms with Crippen molar-refractivity contribution in [1.82, 2.24) is 5.32 Å².